The maximum absolute atomic E-state index is 13.6. The number of rotatable bonds is 5. The minimum atomic E-state index is -0.472. The normalized spacial score (nSPS) is 11.2. The molecule has 1 N–H and O–H groups in total. The second kappa shape index (κ2) is 8.34. The van der Waals surface area contributed by atoms with Gasteiger partial charge in [-0.3, -0.25) is 4.40 Å². The number of benzene rings is 2. The summed E-state index contributed by atoms with van der Waals surface area (Å²) in [4.78, 5) is 4.83. The number of hydrogen-bond donors (Lipinski definition) is 1. The molecule has 0 atom stereocenters. The van der Waals surface area contributed by atoms with E-state index in [1.807, 2.05) is 59.1 Å². The van der Waals surface area contributed by atoms with Crippen LogP contribution in [0.25, 0.3) is 28.4 Å². The average Bonchev–Trinajstić information content (AvgIpc) is 3.41. The van der Waals surface area contributed by atoms with Crippen LogP contribution in [0.2, 0.25) is 10.0 Å². The number of anilines is 2. The molecule has 0 unspecified atom stereocenters. The summed E-state index contributed by atoms with van der Waals surface area (Å²) < 4.78 is 21.7. The van der Waals surface area contributed by atoms with Crippen LogP contribution in [0, 0.1) is 5.82 Å². The van der Waals surface area contributed by atoms with Crippen LogP contribution in [0.4, 0.5) is 15.9 Å². The SMILES string of the molecule is CCc1ccn2c(Nc3ccc(F)c(Cl)c3)c(-c3ccc(-c4cccc(Cl)c4)o3)nc2c1. The summed E-state index contributed by atoms with van der Waals surface area (Å²) in [6, 6.07) is 19.8. The summed E-state index contributed by atoms with van der Waals surface area (Å²) in [5.41, 5.74) is 4.09. The van der Waals surface area contributed by atoms with Crippen molar-refractivity contribution in [3.8, 4) is 22.8 Å². The molecule has 2 aromatic carbocycles. The molecule has 0 aliphatic rings. The fourth-order valence-electron chi connectivity index (χ4n) is 3.57. The van der Waals surface area contributed by atoms with Crippen LogP contribution in [-0.4, -0.2) is 9.38 Å². The van der Waals surface area contributed by atoms with Crippen molar-refractivity contribution in [1.82, 2.24) is 9.38 Å². The van der Waals surface area contributed by atoms with Crippen LogP contribution < -0.4 is 5.32 Å². The number of halogens is 3. The van der Waals surface area contributed by atoms with Gasteiger partial charge in [0.1, 0.15) is 28.7 Å². The summed E-state index contributed by atoms with van der Waals surface area (Å²) in [6.45, 7) is 2.10. The van der Waals surface area contributed by atoms with E-state index in [9.17, 15) is 4.39 Å². The largest absolute Gasteiger partial charge is 0.454 e. The molecular formula is C25H18Cl2FN3O. The first-order valence-corrected chi connectivity index (χ1v) is 10.9. The lowest BCUT2D eigenvalue weighted by molar-refractivity contribution is 0.596. The smallest absolute Gasteiger partial charge is 0.157 e. The average molecular weight is 466 g/mol. The topological polar surface area (TPSA) is 42.5 Å². The molecule has 32 heavy (non-hydrogen) atoms. The fourth-order valence-corrected chi connectivity index (χ4v) is 3.94. The van der Waals surface area contributed by atoms with Crippen LogP contribution in [0.5, 0.6) is 0 Å². The lowest BCUT2D eigenvalue weighted by atomic mass is 10.2. The van der Waals surface area contributed by atoms with Gasteiger partial charge < -0.3 is 9.73 Å². The second-order valence-electron chi connectivity index (χ2n) is 7.35. The number of nitrogens with zero attached hydrogens (tertiary/aromatic N) is 2. The molecule has 5 aromatic rings. The molecule has 4 nitrogen and oxygen atoms in total. The van der Waals surface area contributed by atoms with Crippen LogP contribution >= 0.6 is 23.2 Å². The van der Waals surface area contributed by atoms with Gasteiger partial charge >= 0.3 is 0 Å². The summed E-state index contributed by atoms with van der Waals surface area (Å²) >= 11 is 12.1. The zero-order valence-corrected chi connectivity index (χ0v) is 18.6. The Kier molecular flexibility index (Phi) is 5.37. The van der Waals surface area contributed by atoms with E-state index in [0.29, 0.717) is 33.7 Å². The van der Waals surface area contributed by atoms with Gasteiger partial charge in [-0.05, 0) is 66.6 Å². The third kappa shape index (κ3) is 3.85. The molecule has 0 saturated carbocycles. The molecule has 7 heteroatoms. The molecule has 3 aromatic heterocycles. The Morgan fingerprint density at radius 2 is 1.84 bits per heavy atom. The summed E-state index contributed by atoms with van der Waals surface area (Å²) in [7, 11) is 0. The lowest BCUT2D eigenvalue weighted by Crippen LogP contribution is -1.97. The third-order valence-corrected chi connectivity index (χ3v) is 5.75. The molecule has 5 rings (SSSR count). The monoisotopic (exact) mass is 465 g/mol. The summed E-state index contributed by atoms with van der Waals surface area (Å²) in [5, 5.41) is 4.00. The fraction of sp³-hybridized carbons (Fsp3) is 0.0800. The van der Waals surface area contributed by atoms with Gasteiger partial charge in [0.15, 0.2) is 5.76 Å². The van der Waals surface area contributed by atoms with E-state index in [1.54, 1.807) is 12.1 Å². The van der Waals surface area contributed by atoms with E-state index in [-0.39, 0.29) is 5.02 Å². The van der Waals surface area contributed by atoms with Gasteiger partial charge in [-0.2, -0.15) is 0 Å². The first-order chi connectivity index (χ1) is 15.5. The number of aryl methyl sites for hydroxylation is 1. The van der Waals surface area contributed by atoms with Crippen molar-refractivity contribution in [3.05, 3.63) is 94.4 Å². The molecule has 160 valence electrons. The highest BCUT2D eigenvalue weighted by Gasteiger charge is 2.19. The molecule has 0 aliphatic carbocycles. The number of furan rings is 1. The van der Waals surface area contributed by atoms with E-state index in [0.717, 1.165) is 17.6 Å². The van der Waals surface area contributed by atoms with E-state index in [4.69, 9.17) is 32.6 Å². The second-order valence-corrected chi connectivity index (χ2v) is 8.20. The number of aromatic nitrogens is 2. The summed E-state index contributed by atoms with van der Waals surface area (Å²) in [6.07, 6.45) is 2.85. The van der Waals surface area contributed by atoms with Crippen molar-refractivity contribution < 1.29 is 8.81 Å². The van der Waals surface area contributed by atoms with E-state index in [1.165, 1.54) is 11.6 Å². The van der Waals surface area contributed by atoms with Gasteiger partial charge in [-0.25, -0.2) is 9.37 Å². The molecule has 0 radical (unpaired) electrons. The van der Waals surface area contributed by atoms with Gasteiger partial charge in [0.05, 0.1) is 5.02 Å². The van der Waals surface area contributed by atoms with Crippen LogP contribution in [-0.2, 0) is 6.42 Å². The Balaban J connectivity index is 1.63. The molecule has 0 bridgehead atoms. The lowest BCUT2D eigenvalue weighted by Gasteiger charge is -2.09. The highest BCUT2D eigenvalue weighted by atomic mass is 35.5. The molecule has 0 fully saturated rings. The molecule has 0 aliphatic heterocycles. The van der Waals surface area contributed by atoms with Crippen molar-refractivity contribution in [1.29, 1.82) is 0 Å². The summed E-state index contributed by atoms with van der Waals surface area (Å²) in [5.74, 6) is 1.50. The van der Waals surface area contributed by atoms with Gasteiger partial charge in [0.2, 0.25) is 0 Å². The minimum absolute atomic E-state index is 0.0416. The van der Waals surface area contributed by atoms with E-state index < -0.39 is 5.82 Å². The van der Waals surface area contributed by atoms with Gasteiger partial charge in [-0.15, -0.1) is 0 Å². The van der Waals surface area contributed by atoms with Gasteiger partial charge in [0, 0.05) is 22.5 Å². The maximum atomic E-state index is 13.6. The quantitative estimate of drug-likeness (QED) is 0.285. The molecule has 3 heterocycles. The zero-order chi connectivity index (χ0) is 22.2. The third-order valence-electron chi connectivity index (χ3n) is 5.23. The zero-order valence-electron chi connectivity index (χ0n) is 17.1. The molecule has 0 spiro atoms. The first kappa shape index (κ1) is 20.6. The van der Waals surface area contributed by atoms with Crippen molar-refractivity contribution in [2.24, 2.45) is 0 Å². The van der Waals surface area contributed by atoms with Gasteiger partial charge in [0.25, 0.3) is 0 Å². The Hall–Kier alpha value is -3.28. The Morgan fingerprint density at radius 3 is 2.62 bits per heavy atom. The standard InChI is InChI=1S/C25H18Cl2FN3O/c1-2-15-10-11-31-23(12-15)30-24(25(31)29-18-6-7-20(28)19(27)14-18)22-9-8-21(32-22)16-4-3-5-17(26)13-16/h3-14,29H,2H2,1H3. The van der Waals surface area contributed by atoms with Crippen molar-refractivity contribution in [3.63, 3.8) is 0 Å². The number of hydrogen-bond acceptors (Lipinski definition) is 3. The van der Waals surface area contributed by atoms with Crippen molar-refractivity contribution in [2.75, 3.05) is 5.32 Å². The van der Waals surface area contributed by atoms with Crippen LogP contribution in [0.1, 0.15) is 12.5 Å². The molecule has 0 saturated heterocycles. The van der Waals surface area contributed by atoms with Crippen LogP contribution in [0.3, 0.4) is 0 Å². The van der Waals surface area contributed by atoms with E-state index >= 15 is 0 Å². The molecular weight excluding hydrogens is 448 g/mol. The van der Waals surface area contributed by atoms with Crippen molar-refractivity contribution in [2.45, 2.75) is 13.3 Å². The number of fused-ring (bicyclic) bond motifs is 1. The Labute approximate surface area is 194 Å². The highest BCUT2D eigenvalue weighted by molar-refractivity contribution is 6.31. The first-order valence-electron chi connectivity index (χ1n) is 10.1. The number of pyridine rings is 1. The Morgan fingerprint density at radius 1 is 1.00 bits per heavy atom. The predicted molar refractivity (Wildman–Crippen MR) is 127 cm³/mol. The maximum Gasteiger partial charge on any atom is 0.157 e. The minimum Gasteiger partial charge on any atom is -0.454 e. The van der Waals surface area contributed by atoms with Crippen molar-refractivity contribution >= 4 is 40.4 Å². The Bertz CT molecular complexity index is 1440. The van der Waals surface area contributed by atoms with Gasteiger partial charge in [-0.1, -0.05) is 42.3 Å². The number of imidazole rings is 1. The highest BCUT2D eigenvalue weighted by Crippen LogP contribution is 2.36. The van der Waals surface area contributed by atoms with E-state index in [2.05, 4.69) is 12.2 Å². The number of nitrogens with one attached hydrogen (secondary N) is 1. The predicted octanol–water partition coefficient (Wildman–Crippen LogP) is 8.01. The van der Waals surface area contributed by atoms with Crippen LogP contribution in [0.15, 0.2) is 77.3 Å². The molecule has 0 amide bonds.